The molecule has 0 aromatic rings. The average Bonchev–Trinajstić information content (AvgIpc) is 3.10. The molecule has 9 unspecified atom stereocenters. The number of hydrogen-bond donors (Lipinski definition) is 1. The molecule has 0 spiro atoms. The maximum absolute atomic E-state index is 9.36. The number of ether oxygens (including phenoxy) is 1. The van der Waals surface area contributed by atoms with Crippen molar-refractivity contribution in [3.05, 3.63) is 11.6 Å². The molecule has 0 amide bonds. The Balaban J connectivity index is 1.52. The lowest BCUT2D eigenvalue weighted by molar-refractivity contribution is -0.0418. The van der Waals surface area contributed by atoms with Gasteiger partial charge >= 0.3 is 0 Å². The molecule has 1 saturated heterocycles. The first kappa shape index (κ1) is 20.0. The smallest absolute Gasteiger partial charge is 0.0618 e. The van der Waals surface area contributed by atoms with Crippen molar-refractivity contribution in [2.75, 3.05) is 6.61 Å². The van der Waals surface area contributed by atoms with Gasteiger partial charge in [0.05, 0.1) is 12.2 Å². The zero-order valence-electron chi connectivity index (χ0n) is 18.5. The highest BCUT2D eigenvalue weighted by Crippen LogP contribution is 2.67. The summed E-state index contributed by atoms with van der Waals surface area (Å²) in [5, 5.41) is 9.36. The van der Waals surface area contributed by atoms with E-state index in [1.165, 1.54) is 25.7 Å². The molecule has 2 heteroatoms. The second kappa shape index (κ2) is 6.87. The maximum Gasteiger partial charge on any atom is 0.0618 e. The predicted octanol–water partition coefficient (Wildman–Crippen LogP) is 5.84. The van der Waals surface area contributed by atoms with Crippen LogP contribution in [0.5, 0.6) is 0 Å². The van der Waals surface area contributed by atoms with Crippen molar-refractivity contribution in [1.29, 1.82) is 0 Å². The Kier molecular flexibility index (Phi) is 5.08. The highest BCUT2D eigenvalue weighted by atomic mass is 16.5. The third kappa shape index (κ3) is 2.96. The second-order valence-corrected chi connectivity index (χ2v) is 11.5. The number of fused-ring (bicyclic) bond motifs is 5. The van der Waals surface area contributed by atoms with Gasteiger partial charge < -0.3 is 9.84 Å². The molecule has 2 nitrogen and oxygen atoms in total. The van der Waals surface area contributed by atoms with E-state index in [4.69, 9.17) is 4.74 Å². The lowest BCUT2D eigenvalue weighted by Crippen LogP contribution is -2.48. The van der Waals surface area contributed by atoms with E-state index in [1.54, 1.807) is 5.57 Å². The van der Waals surface area contributed by atoms with Gasteiger partial charge in [-0.25, -0.2) is 0 Å². The fraction of sp³-hybridized carbons (Fsp3) is 0.920. The molecule has 3 aliphatic carbocycles. The molecule has 0 aromatic carbocycles. The van der Waals surface area contributed by atoms with E-state index in [-0.39, 0.29) is 0 Å². The summed E-state index contributed by atoms with van der Waals surface area (Å²) in [6.45, 7) is 14.9. The van der Waals surface area contributed by atoms with Crippen LogP contribution in [0.25, 0.3) is 0 Å². The molecule has 2 saturated carbocycles. The summed E-state index contributed by atoms with van der Waals surface area (Å²) in [4.78, 5) is 0. The Morgan fingerprint density at radius 1 is 1.26 bits per heavy atom. The number of allylic oxidation sites excluding steroid dienone is 2. The average molecular weight is 375 g/mol. The molecule has 4 rings (SSSR count). The molecule has 4 aliphatic rings. The van der Waals surface area contributed by atoms with Gasteiger partial charge in [-0.1, -0.05) is 46.3 Å². The van der Waals surface area contributed by atoms with Crippen LogP contribution in [-0.4, -0.2) is 23.9 Å². The minimum atomic E-state index is 0.305. The van der Waals surface area contributed by atoms with E-state index in [0.29, 0.717) is 41.5 Å². The van der Waals surface area contributed by atoms with E-state index in [2.05, 4.69) is 47.6 Å². The van der Waals surface area contributed by atoms with Gasteiger partial charge in [-0.3, -0.25) is 0 Å². The Bertz CT molecular complexity index is 593. The van der Waals surface area contributed by atoms with E-state index in [1.807, 2.05) is 0 Å². The Morgan fingerprint density at radius 3 is 2.70 bits per heavy atom. The SMILES string of the molecule is CC1=CCC2C(CCC3(C)C2CC2OC(CCC(C)CO)C(C)C23)C1(C)C. The topological polar surface area (TPSA) is 29.5 Å². The van der Waals surface area contributed by atoms with Crippen molar-refractivity contribution in [3.63, 3.8) is 0 Å². The van der Waals surface area contributed by atoms with Crippen LogP contribution in [0.15, 0.2) is 11.6 Å². The third-order valence-corrected chi connectivity index (χ3v) is 9.92. The molecule has 1 heterocycles. The Morgan fingerprint density at radius 2 is 2.00 bits per heavy atom. The summed E-state index contributed by atoms with van der Waals surface area (Å²) >= 11 is 0. The number of aliphatic hydroxyl groups is 1. The van der Waals surface area contributed by atoms with Gasteiger partial charge in [0.1, 0.15) is 0 Å². The van der Waals surface area contributed by atoms with Crippen LogP contribution in [0.4, 0.5) is 0 Å². The Labute approximate surface area is 167 Å². The Hall–Kier alpha value is -0.340. The molecule has 154 valence electrons. The van der Waals surface area contributed by atoms with Crippen molar-refractivity contribution in [1.82, 2.24) is 0 Å². The van der Waals surface area contributed by atoms with Crippen LogP contribution in [0.3, 0.4) is 0 Å². The fourth-order valence-corrected chi connectivity index (χ4v) is 7.94. The molecule has 3 fully saturated rings. The summed E-state index contributed by atoms with van der Waals surface area (Å²) in [5.41, 5.74) is 2.46. The number of rotatable bonds is 4. The van der Waals surface area contributed by atoms with Gasteiger partial charge in [0.2, 0.25) is 0 Å². The quantitative estimate of drug-likeness (QED) is 0.626. The van der Waals surface area contributed by atoms with E-state index >= 15 is 0 Å². The van der Waals surface area contributed by atoms with Crippen LogP contribution in [0.1, 0.15) is 80.1 Å². The third-order valence-electron chi connectivity index (χ3n) is 9.92. The van der Waals surface area contributed by atoms with Gasteiger partial charge in [0.25, 0.3) is 0 Å². The zero-order chi connectivity index (χ0) is 19.6. The minimum absolute atomic E-state index is 0.305. The van der Waals surface area contributed by atoms with Crippen LogP contribution >= 0.6 is 0 Å². The summed E-state index contributed by atoms with van der Waals surface area (Å²) < 4.78 is 6.71. The standard InChI is InChI=1S/C25H42O2/c1-15(14-26)7-10-21-17(3)23-22(27-21)13-20-18-9-8-16(2)24(4,5)19(18)11-12-25(20,23)6/h8,15,17-23,26H,7,9-14H2,1-6H3. The molecule has 0 radical (unpaired) electrons. The first-order chi connectivity index (χ1) is 12.7. The normalized spacial score (nSPS) is 49.1. The fourth-order valence-electron chi connectivity index (χ4n) is 7.94. The number of hydrogen-bond acceptors (Lipinski definition) is 2. The molecule has 1 aliphatic heterocycles. The van der Waals surface area contributed by atoms with Gasteiger partial charge in [-0.15, -0.1) is 0 Å². The van der Waals surface area contributed by atoms with Gasteiger partial charge in [-0.2, -0.15) is 0 Å². The summed E-state index contributed by atoms with van der Waals surface area (Å²) in [6.07, 6.45) is 11.1. The minimum Gasteiger partial charge on any atom is -0.396 e. The maximum atomic E-state index is 9.36. The summed E-state index contributed by atoms with van der Waals surface area (Å²) in [6, 6.07) is 0. The highest BCUT2D eigenvalue weighted by Gasteiger charge is 2.64. The van der Waals surface area contributed by atoms with E-state index < -0.39 is 0 Å². The lowest BCUT2D eigenvalue weighted by Gasteiger charge is -2.55. The lowest BCUT2D eigenvalue weighted by atomic mass is 9.49. The van der Waals surface area contributed by atoms with Gasteiger partial charge in [0, 0.05) is 6.61 Å². The van der Waals surface area contributed by atoms with Crippen molar-refractivity contribution >= 4 is 0 Å². The van der Waals surface area contributed by atoms with Crippen molar-refractivity contribution in [3.8, 4) is 0 Å². The van der Waals surface area contributed by atoms with Crippen LogP contribution in [-0.2, 0) is 4.74 Å². The first-order valence-electron chi connectivity index (χ1n) is 11.6. The largest absolute Gasteiger partial charge is 0.396 e. The summed E-state index contributed by atoms with van der Waals surface area (Å²) in [7, 11) is 0. The summed E-state index contributed by atoms with van der Waals surface area (Å²) in [5.74, 6) is 4.37. The van der Waals surface area contributed by atoms with Crippen LogP contribution < -0.4 is 0 Å². The molecule has 27 heavy (non-hydrogen) atoms. The van der Waals surface area contributed by atoms with Gasteiger partial charge in [0.15, 0.2) is 0 Å². The molecular formula is C25H42O2. The zero-order valence-corrected chi connectivity index (χ0v) is 18.5. The van der Waals surface area contributed by atoms with Crippen LogP contribution in [0, 0.1) is 46.3 Å². The van der Waals surface area contributed by atoms with E-state index in [9.17, 15) is 5.11 Å². The first-order valence-corrected chi connectivity index (χ1v) is 11.6. The molecular weight excluding hydrogens is 332 g/mol. The molecule has 0 aromatic heterocycles. The molecule has 0 bridgehead atoms. The molecule has 1 N–H and O–H groups in total. The van der Waals surface area contributed by atoms with Crippen molar-refractivity contribution in [2.45, 2.75) is 92.3 Å². The highest BCUT2D eigenvalue weighted by molar-refractivity contribution is 5.21. The van der Waals surface area contributed by atoms with E-state index in [0.717, 1.165) is 36.5 Å². The van der Waals surface area contributed by atoms with Gasteiger partial charge in [-0.05, 0) is 91.8 Å². The molecule has 9 atom stereocenters. The predicted molar refractivity (Wildman–Crippen MR) is 111 cm³/mol. The van der Waals surface area contributed by atoms with Crippen LogP contribution in [0.2, 0.25) is 0 Å². The van der Waals surface area contributed by atoms with Crippen molar-refractivity contribution in [2.24, 2.45) is 46.3 Å². The van der Waals surface area contributed by atoms with Crippen molar-refractivity contribution < 1.29 is 9.84 Å². The second-order valence-electron chi connectivity index (χ2n) is 11.5. The number of aliphatic hydroxyl groups excluding tert-OH is 1. The monoisotopic (exact) mass is 374 g/mol.